The maximum Gasteiger partial charge on any atom is 0.313 e. The van der Waals surface area contributed by atoms with Crippen molar-refractivity contribution in [1.29, 1.82) is 0 Å². The summed E-state index contributed by atoms with van der Waals surface area (Å²) in [5.41, 5.74) is 0.782. The first-order valence-electron chi connectivity index (χ1n) is 5.62. The molecule has 0 saturated carbocycles. The van der Waals surface area contributed by atoms with Gasteiger partial charge >= 0.3 is 5.97 Å². The van der Waals surface area contributed by atoms with Crippen LogP contribution in [0.5, 0.6) is 5.75 Å². The molecule has 0 aliphatic carbocycles. The number of nitrogens with zero attached hydrogens (tertiary/aromatic N) is 1. The summed E-state index contributed by atoms with van der Waals surface area (Å²) < 4.78 is 6.04. The fraction of sp³-hybridized carbons (Fsp3) is 0.250. The van der Waals surface area contributed by atoms with Crippen molar-refractivity contribution in [3.63, 3.8) is 0 Å². The number of ether oxygens (including phenoxy) is 1. The molecule has 1 heterocycles. The predicted molar refractivity (Wildman–Crippen MR) is 79.8 cm³/mol. The van der Waals surface area contributed by atoms with E-state index in [0.29, 0.717) is 5.13 Å². The lowest BCUT2D eigenvalue weighted by Crippen LogP contribution is -2.15. The number of amides is 1. The van der Waals surface area contributed by atoms with E-state index in [4.69, 9.17) is 9.84 Å². The molecular weight excluding hydrogens is 300 g/mol. The van der Waals surface area contributed by atoms with Gasteiger partial charge in [-0.05, 0) is 18.2 Å². The van der Waals surface area contributed by atoms with Gasteiger partial charge in [-0.1, -0.05) is 11.3 Å². The summed E-state index contributed by atoms with van der Waals surface area (Å²) in [7, 11) is 1.59. The normalized spacial score (nSPS) is 10.4. The smallest absolute Gasteiger partial charge is 0.313 e. The topological polar surface area (TPSA) is 88.5 Å². The van der Waals surface area contributed by atoms with Crippen LogP contribution < -0.4 is 10.1 Å². The zero-order chi connectivity index (χ0) is 14.5. The van der Waals surface area contributed by atoms with Gasteiger partial charge in [0.25, 0.3) is 0 Å². The molecule has 20 heavy (non-hydrogen) atoms. The monoisotopic (exact) mass is 312 g/mol. The predicted octanol–water partition coefficient (Wildman–Crippen LogP) is 2.06. The van der Waals surface area contributed by atoms with E-state index in [-0.39, 0.29) is 17.4 Å². The summed E-state index contributed by atoms with van der Waals surface area (Å²) in [5.74, 6) is -0.469. The number of hydrogen-bond acceptors (Lipinski definition) is 6. The summed E-state index contributed by atoms with van der Waals surface area (Å²) in [5, 5.41) is 11.6. The van der Waals surface area contributed by atoms with Crippen molar-refractivity contribution < 1.29 is 19.4 Å². The van der Waals surface area contributed by atoms with Crippen molar-refractivity contribution >= 4 is 50.3 Å². The molecule has 2 aromatic rings. The first-order chi connectivity index (χ1) is 9.58. The molecule has 0 bridgehead atoms. The number of hydrogen-bond donors (Lipinski definition) is 2. The lowest BCUT2D eigenvalue weighted by molar-refractivity contribution is -0.133. The van der Waals surface area contributed by atoms with Crippen LogP contribution in [0.15, 0.2) is 18.2 Å². The van der Waals surface area contributed by atoms with E-state index < -0.39 is 5.97 Å². The number of aliphatic carboxylic acids is 1. The highest BCUT2D eigenvalue weighted by Crippen LogP contribution is 2.29. The Kier molecular flexibility index (Phi) is 4.80. The number of carboxylic acids is 1. The van der Waals surface area contributed by atoms with Gasteiger partial charge in [0.1, 0.15) is 5.75 Å². The minimum Gasteiger partial charge on any atom is -0.497 e. The maximum atomic E-state index is 11.6. The van der Waals surface area contributed by atoms with Gasteiger partial charge in [0.2, 0.25) is 5.91 Å². The van der Waals surface area contributed by atoms with Crippen LogP contribution in [0.1, 0.15) is 0 Å². The Morgan fingerprint density at radius 3 is 2.95 bits per heavy atom. The SMILES string of the molecule is COc1ccc2nc(NC(=O)CSCC(=O)O)sc2c1. The zero-order valence-electron chi connectivity index (χ0n) is 10.6. The van der Waals surface area contributed by atoms with Crippen molar-refractivity contribution in [2.75, 3.05) is 23.9 Å². The van der Waals surface area contributed by atoms with Crippen LogP contribution in [0.3, 0.4) is 0 Å². The number of methoxy groups -OCH3 is 1. The third-order valence-electron chi connectivity index (χ3n) is 2.30. The first kappa shape index (κ1) is 14.6. The molecule has 1 aromatic carbocycles. The van der Waals surface area contributed by atoms with E-state index in [1.807, 2.05) is 12.1 Å². The van der Waals surface area contributed by atoms with Crippen molar-refractivity contribution in [2.45, 2.75) is 0 Å². The van der Waals surface area contributed by atoms with E-state index in [1.54, 1.807) is 13.2 Å². The van der Waals surface area contributed by atoms with Gasteiger partial charge in [0.05, 0.1) is 28.8 Å². The van der Waals surface area contributed by atoms with Crippen molar-refractivity contribution in [3.8, 4) is 5.75 Å². The number of aromatic nitrogens is 1. The standard InChI is InChI=1S/C12H12N2O4S2/c1-18-7-2-3-8-9(4-7)20-12(13-8)14-10(15)5-19-6-11(16)17/h2-4H,5-6H2,1H3,(H,16,17)(H,13,14,15). The molecule has 106 valence electrons. The molecule has 0 spiro atoms. The zero-order valence-corrected chi connectivity index (χ0v) is 12.2. The van der Waals surface area contributed by atoms with Crippen molar-refractivity contribution in [1.82, 2.24) is 4.98 Å². The number of nitrogens with one attached hydrogen (secondary N) is 1. The Morgan fingerprint density at radius 2 is 2.25 bits per heavy atom. The van der Waals surface area contributed by atoms with Gasteiger partial charge in [0.15, 0.2) is 5.13 Å². The van der Waals surface area contributed by atoms with Crippen LogP contribution in [0.4, 0.5) is 5.13 Å². The molecule has 0 aliphatic heterocycles. The average Bonchev–Trinajstić information content (AvgIpc) is 2.78. The van der Waals surface area contributed by atoms with Gasteiger partial charge < -0.3 is 15.2 Å². The Bertz CT molecular complexity index is 641. The highest BCUT2D eigenvalue weighted by atomic mass is 32.2. The fourth-order valence-electron chi connectivity index (χ4n) is 1.47. The van der Waals surface area contributed by atoms with Gasteiger partial charge in [0, 0.05) is 0 Å². The largest absolute Gasteiger partial charge is 0.497 e. The number of benzene rings is 1. The van der Waals surface area contributed by atoms with E-state index in [9.17, 15) is 9.59 Å². The number of carboxylic acid groups (broad SMARTS) is 1. The second-order valence-corrected chi connectivity index (χ2v) is 5.80. The Labute approximate surface area is 123 Å². The molecule has 0 fully saturated rings. The van der Waals surface area contributed by atoms with Crippen LogP contribution in [0.25, 0.3) is 10.2 Å². The molecule has 0 unspecified atom stereocenters. The molecular formula is C12H12N2O4S2. The molecule has 0 saturated heterocycles. The van der Waals surface area contributed by atoms with E-state index in [2.05, 4.69) is 10.3 Å². The molecule has 0 aliphatic rings. The highest BCUT2D eigenvalue weighted by Gasteiger charge is 2.09. The number of rotatable bonds is 6. The molecule has 1 amide bonds. The summed E-state index contributed by atoms with van der Waals surface area (Å²) >= 11 is 2.39. The lowest BCUT2D eigenvalue weighted by atomic mass is 10.3. The van der Waals surface area contributed by atoms with E-state index in [1.165, 1.54) is 11.3 Å². The average molecular weight is 312 g/mol. The van der Waals surface area contributed by atoms with Gasteiger partial charge in [-0.15, -0.1) is 11.8 Å². The Hall–Kier alpha value is -1.80. The minimum atomic E-state index is -0.935. The molecule has 0 atom stereocenters. The van der Waals surface area contributed by atoms with Gasteiger partial charge in [-0.3, -0.25) is 9.59 Å². The number of thioether (sulfide) groups is 1. The summed E-state index contributed by atoms with van der Waals surface area (Å²) in [6, 6.07) is 5.47. The van der Waals surface area contributed by atoms with Gasteiger partial charge in [-0.25, -0.2) is 4.98 Å². The van der Waals surface area contributed by atoms with Gasteiger partial charge in [-0.2, -0.15) is 0 Å². The third-order valence-corrected chi connectivity index (χ3v) is 4.15. The second-order valence-electron chi connectivity index (χ2n) is 3.79. The lowest BCUT2D eigenvalue weighted by Gasteiger charge is -1.99. The fourth-order valence-corrected chi connectivity index (χ4v) is 2.92. The molecule has 8 heteroatoms. The summed E-state index contributed by atoms with van der Waals surface area (Å²) in [4.78, 5) is 26.2. The molecule has 2 rings (SSSR count). The van der Waals surface area contributed by atoms with Crippen molar-refractivity contribution in [2.24, 2.45) is 0 Å². The van der Waals surface area contributed by atoms with E-state index >= 15 is 0 Å². The number of carbonyl (C=O) groups excluding carboxylic acids is 1. The number of anilines is 1. The molecule has 2 N–H and O–H groups in total. The Morgan fingerprint density at radius 1 is 1.45 bits per heavy atom. The van der Waals surface area contributed by atoms with Crippen molar-refractivity contribution in [3.05, 3.63) is 18.2 Å². The molecule has 1 aromatic heterocycles. The third kappa shape index (κ3) is 3.84. The van der Waals surface area contributed by atoms with Crippen LogP contribution in [0.2, 0.25) is 0 Å². The Balaban J connectivity index is 1.99. The van der Waals surface area contributed by atoms with Crippen LogP contribution in [-0.2, 0) is 9.59 Å². The maximum absolute atomic E-state index is 11.6. The van der Waals surface area contributed by atoms with Crippen LogP contribution >= 0.6 is 23.1 Å². The first-order valence-corrected chi connectivity index (χ1v) is 7.59. The van der Waals surface area contributed by atoms with Crippen LogP contribution in [0, 0.1) is 0 Å². The quantitative estimate of drug-likeness (QED) is 0.849. The summed E-state index contributed by atoms with van der Waals surface area (Å²) in [6.07, 6.45) is 0. The summed E-state index contributed by atoms with van der Waals surface area (Å²) in [6.45, 7) is 0. The molecule has 6 nitrogen and oxygen atoms in total. The number of carbonyl (C=O) groups is 2. The molecule has 0 radical (unpaired) electrons. The number of fused-ring (bicyclic) bond motifs is 1. The minimum absolute atomic E-state index is 0.0888. The second kappa shape index (κ2) is 6.58. The van der Waals surface area contributed by atoms with E-state index in [0.717, 1.165) is 27.7 Å². The highest BCUT2D eigenvalue weighted by molar-refractivity contribution is 8.00. The van der Waals surface area contributed by atoms with Crippen LogP contribution in [-0.4, -0.2) is 40.6 Å². The number of thiazole rings is 1.